The van der Waals surface area contributed by atoms with Crippen molar-refractivity contribution in [2.45, 2.75) is 19.3 Å². The molecule has 5 heteroatoms. The van der Waals surface area contributed by atoms with Gasteiger partial charge in [0.25, 0.3) is 0 Å². The molecule has 22 heavy (non-hydrogen) atoms. The van der Waals surface area contributed by atoms with Crippen molar-refractivity contribution in [2.24, 2.45) is 0 Å². The summed E-state index contributed by atoms with van der Waals surface area (Å²) in [6.45, 7) is 4.23. The molecule has 0 amide bonds. The van der Waals surface area contributed by atoms with Crippen LogP contribution in [0.15, 0.2) is 48.5 Å². The van der Waals surface area contributed by atoms with Crippen LogP contribution < -0.4 is 0 Å². The Balaban J connectivity index is 0. The van der Waals surface area contributed by atoms with Crippen molar-refractivity contribution in [2.75, 3.05) is 7.11 Å². The van der Waals surface area contributed by atoms with Crippen molar-refractivity contribution < 1.29 is 53.1 Å². The molecular weight excluding hydrogens is 357 g/mol. The van der Waals surface area contributed by atoms with Gasteiger partial charge >= 0.3 is 0 Å². The Kier molecular flexibility index (Phi) is 12.3. The van der Waals surface area contributed by atoms with Crippen LogP contribution in [-0.2, 0) is 38.1 Å². The Morgan fingerprint density at radius 2 is 0.909 bits per heavy atom. The van der Waals surface area contributed by atoms with Crippen molar-refractivity contribution in [1.82, 2.24) is 0 Å². The third-order valence-corrected chi connectivity index (χ3v) is 3.18. The maximum atomic E-state index is 9.30. The van der Waals surface area contributed by atoms with Crippen molar-refractivity contribution in [3.05, 3.63) is 66.8 Å². The van der Waals surface area contributed by atoms with Crippen LogP contribution in [0.4, 0.5) is 0 Å². The van der Waals surface area contributed by atoms with Gasteiger partial charge in [0.05, 0.1) is 0 Å². The van der Waals surface area contributed by atoms with E-state index in [0.29, 0.717) is 0 Å². The van der Waals surface area contributed by atoms with Crippen LogP contribution in [-0.4, -0.2) is 27.5 Å². The van der Waals surface area contributed by atoms with Gasteiger partial charge in [0.15, 0.2) is 0 Å². The smallest absolute Gasteiger partial charge is 0.115 e. The molecule has 0 fully saturated rings. The van der Waals surface area contributed by atoms with Crippen LogP contribution in [0.1, 0.15) is 25.0 Å². The molecule has 0 heterocycles. The largest absolute Gasteiger partial charge is 0.569 e. The number of phenols is 2. The van der Waals surface area contributed by atoms with Gasteiger partial charge in [-0.15, -0.1) is 0 Å². The van der Waals surface area contributed by atoms with Gasteiger partial charge in [-0.3, -0.25) is 0 Å². The number of aliphatic hydroxyl groups is 2. The SMILES string of the molecule is CC(C)(c1ccc(O)cc1)c1ccc(O)cc1.CO.[CH2-]O.[Y]. The van der Waals surface area contributed by atoms with Crippen LogP contribution in [0, 0.1) is 7.11 Å². The van der Waals surface area contributed by atoms with E-state index in [1.54, 1.807) is 24.3 Å². The third kappa shape index (κ3) is 6.45. The molecule has 4 N–H and O–H groups in total. The summed E-state index contributed by atoms with van der Waals surface area (Å²) in [6.07, 6.45) is 0. The summed E-state index contributed by atoms with van der Waals surface area (Å²) in [5.74, 6) is 0.547. The maximum absolute atomic E-state index is 9.30. The first kappa shape index (κ1) is 23.3. The van der Waals surface area contributed by atoms with Gasteiger partial charge < -0.3 is 20.4 Å². The number of hydrogen-bond acceptors (Lipinski definition) is 4. The number of rotatable bonds is 2. The van der Waals surface area contributed by atoms with Crippen molar-refractivity contribution in [1.29, 1.82) is 0 Å². The fourth-order valence-electron chi connectivity index (χ4n) is 1.92. The zero-order valence-electron chi connectivity index (χ0n) is 13.2. The molecule has 0 atom stereocenters. The zero-order chi connectivity index (χ0) is 16.5. The molecular formula is C17H23O4Y-. The average Bonchev–Trinajstić information content (AvgIpc) is 2.52. The molecule has 0 unspecified atom stereocenters. The van der Waals surface area contributed by atoms with E-state index in [4.69, 9.17) is 10.2 Å². The second kappa shape index (κ2) is 11.6. The van der Waals surface area contributed by atoms with Gasteiger partial charge in [-0.1, -0.05) is 38.1 Å². The van der Waals surface area contributed by atoms with Crippen LogP contribution >= 0.6 is 0 Å². The first-order chi connectivity index (χ1) is 10.00. The second-order valence-corrected chi connectivity index (χ2v) is 4.72. The molecule has 0 aromatic heterocycles. The van der Waals surface area contributed by atoms with Crippen molar-refractivity contribution in [3.8, 4) is 11.5 Å². The van der Waals surface area contributed by atoms with Gasteiger partial charge in [-0.2, -0.15) is 0 Å². The maximum Gasteiger partial charge on any atom is 0.115 e. The molecule has 0 saturated carbocycles. The second-order valence-electron chi connectivity index (χ2n) is 4.72. The van der Waals surface area contributed by atoms with Gasteiger partial charge in [-0.25, -0.2) is 7.11 Å². The van der Waals surface area contributed by atoms with E-state index in [-0.39, 0.29) is 49.6 Å². The van der Waals surface area contributed by atoms with Gasteiger partial charge in [-0.05, 0) is 35.4 Å². The predicted octanol–water partition coefficient (Wildman–Crippen LogP) is 3.18. The topological polar surface area (TPSA) is 80.9 Å². The third-order valence-electron chi connectivity index (χ3n) is 3.18. The molecule has 1 radical (unpaired) electrons. The van der Waals surface area contributed by atoms with E-state index in [0.717, 1.165) is 18.2 Å². The molecule has 2 aromatic rings. The Morgan fingerprint density at radius 3 is 1.14 bits per heavy atom. The van der Waals surface area contributed by atoms with E-state index in [1.165, 1.54) is 0 Å². The average molecular weight is 380 g/mol. The summed E-state index contributed by atoms with van der Waals surface area (Å²) < 4.78 is 0. The van der Waals surface area contributed by atoms with Gasteiger partial charge in [0.2, 0.25) is 0 Å². The summed E-state index contributed by atoms with van der Waals surface area (Å²) in [5.41, 5.74) is 2.10. The van der Waals surface area contributed by atoms with E-state index < -0.39 is 0 Å². The fraction of sp³-hybridized carbons (Fsp3) is 0.235. The fourth-order valence-corrected chi connectivity index (χ4v) is 1.92. The molecule has 0 bridgehead atoms. The number of phenolic OH excluding ortho intramolecular Hbond substituents is 2. The summed E-state index contributed by atoms with van der Waals surface area (Å²) in [7, 11) is 3.25. The minimum Gasteiger partial charge on any atom is -0.569 e. The molecule has 2 rings (SSSR count). The molecule has 0 aliphatic rings. The van der Waals surface area contributed by atoms with Crippen LogP contribution in [0.5, 0.6) is 11.5 Å². The molecule has 0 aliphatic carbocycles. The molecule has 2 aromatic carbocycles. The Bertz CT molecular complexity index is 460. The number of benzene rings is 2. The predicted molar refractivity (Wildman–Crippen MR) is 83.8 cm³/mol. The first-order valence-corrected chi connectivity index (χ1v) is 6.35. The van der Waals surface area contributed by atoms with Crippen LogP contribution in [0.25, 0.3) is 0 Å². The monoisotopic (exact) mass is 380 g/mol. The summed E-state index contributed by atoms with van der Waals surface area (Å²) in [5, 5.41) is 32.3. The summed E-state index contributed by atoms with van der Waals surface area (Å²) >= 11 is 0. The Labute approximate surface area is 157 Å². The summed E-state index contributed by atoms with van der Waals surface area (Å²) in [4.78, 5) is 0. The van der Waals surface area contributed by atoms with Crippen molar-refractivity contribution >= 4 is 0 Å². The summed E-state index contributed by atoms with van der Waals surface area (Å²) in [6, 6.07) is 14.4. The van der Waals surface area contributed by atoms with Gasteiger partial charge in [0, 0.05) is 45.2 Å². The Hall–Kier alpha value is -0.936. The normalized spacial score (nSPS) is 9.36. The number of aliphatic hydroxyl groups excluding tert-OH is 2. The van der Waals surface area contributed by atoms with Crippen LogP contribution in [0.3, 0.4) is 0 Å². The first-order valence-electron chi connectivity index (χ1n) is 6.35. The Morgan fingerprint density at radius 1 is 0.682 bits per heavy atom. The number of hydrogen-bond donors (Lipinski definition) is 4. The van der Waals surface area contributed by atoms with E-state index in [1.807, 2.05) is 24.3 Å². The quantitative estimate of drug-likeness (QED) is 0.604. The molecule has 0 aliphatic heterocycles. The van der Waals surface area contributed by atoms with Crippen LogP contribution in [0.2, 0.25) is 0 Å². The molecule has 119 valence electrons. The number of aromatic hydroxyl groups is 2. The van der Waals surface area contributed by atoms with E-state index in [2.05, 4.69) is 21.0 Å². The van der Waals surface area contributed by atoms with Crippen molar-refractivity contribution in [3.63, 3.8) is 0 Å². The molecule has 4 nitrogen and oxygen atoms in total. The molecule has 0 saturated heterocycles. The standard InChI is InChI=1S/C15H16O2.CH4O.CH3O.Y/c1-15(2,11-3-7-13(16)8-4-11)12-5-9-14(17)10-6-12;2*1-2;/h3-10,16-17H,1-2H3;2H,1H3;2H,1H2;/q;;-1;. The van der Waals surface area contributed by atoms with Gasteiger partial charge in [0.1, 0.15) is 11.5 Å². The minimum atomic E-state index is -0.151. The minimum absolute atomic E-state index is 0. The van der Waals surface area contributed by atoms with E-state index >= 15 is 0 Å². The molecule has 0 spiro atoms. The van der Waals surface area contributed by atoms with E-state index in [9.17, 15) is 10.2 Å². The zero-order valence-corrected chi connectivity index (χ0v) is 16.0.